The van der Waals surface area contributed by atoms with Crippen LogP contribution in [0.5, 0.6) is 11.5 Å². The number of piperazine rings is 1. The van der Waals surface area contributed by atoms with Crippen molar-refractivity contribution in [2.75, 3.05) is 66.7 Å². The number of nitrogens with one attached hydrogen (secondary N) is 1. The van der Waals surface area contributed by atoms with Crippen LogP contribution in [0.25, 0.3) is 11.3 Å². The Hall–Kier alpha value is -7.24. The predicted molar refractivity (Wildman–Crippen MR) is 258 cm³/mol. The molecule has 3 saturated heterocycles. The minimum absolute atomic E-state index is 0.0799. The van der Waals surface area contributed by atoms with Crippen LogP contribution in [0.1, 0.15) is 86.6 Å². The summed E-state index contributed by atoms with van der Waals surface area (Å²) >= 11 is 0. The minimum atomic E-state index is -0.669. The highest BCUT2D eigenvalue weighted by Gasteiger charge is 2.40. The van der Waals surface area contributed by atoms with Gasteiger partial charge >= 0.3 is 0 Å². The van der Waals surface area contributed by atoms with E-state index in [-0.39, 0.29) is 41.8 Å². The summed E-state index contributed by atoms with van der Waals surface area (Å²) < 4.78 is 8.21. The minimum Gasteiger partial charge on any atom is -0.507 e. The number of nitrogen functional groups attached to an aromatic ring is 1. The zero-order valence-electron chi connectivity index (χ0n) is 38.6. The fraction of sp³-hybridized carbons (Fsp3) is 0.440. The third-order valence-electron chi connectivity index (χ3n) is 13.6. The first kappa shape index (κ1) is 45.9. The average Bonchev–Trinajstić information content (AvgIpc) is 3.97. The molecule has 18 nitrogen and oxygen atoms in total. The summed E-state index contributed by atoms with van der Waals surface area (Å²) in [4.78, 5) is 61.1. The fourth-order valence-corrected chi connectivity index (χ4v) is 9.80. The van der Waals surface area contributed by atoms with E-state index in [0.717, 1.165) is 108 Å². The van der Waals surface area contributed by atoms with Gasteiger partial charge in [0.15, 0.2) is 17.4 Å². The van der Waals surface area contributed by atoms with E-state index >= 15 is 0 Å². The average molecular weight is 925 g/mol. The van der Waals surface area contributed by atoms with Gasteiger partial charge in [0.05, 0.1) is 24.0 Å². The van der Waals surface area contributed by atoms with Gasteiger partial charge in [0.1, 0.15) is 23.6 Å². The van der Waals surface area contributed by atoms with E-state index in [1.807, 2.05) is 52.0 Å². The molecule has 3 fully saturated rings. The maximum absolute atomic E-state index is 13.6. The molecule has 18 heteroatoms. The number of nitrogens with zero attached hydrogens (tertiary/aromatic N) is 10. The monoisotopic (exact) mass is 924 g/mol. The molecule has 356 valence electrons. The number of hydrogen-bond acceptors (Lipinski definition) is 14. The molecular weight excluding hydrogens is 865 g/mol. The topological polar surface area (TPSA) is 208 Å². The van der Waals surface area contributed by atoms with Gasteiger partial charge in [-0.15, -0.1) is 15.3 Å². The second-order valence-corrected chi connectivity index (χ2v) is 18.2. The number of phenolic OH excluding ortho intramolecular Hbond substituents is 1. The second-order valence-electron chi connectivity index (χ2n) is 18.2. The van der Waals surface area contributed by atoms with Crippen LogP contribution in [0.4, 0.5) is 28.7 Å². The smallest absolute Gasteiger partial charge is 0.257 e. The molecule has 9 rings (SSSR count). The molecule has 4 aliphatic rings. The zero-order valence-corrected chi connectivity index (χ0v) is 38.6. The summed E-state index contributed by atoms with van der Waals surface area (Å²) in [6.45, 7) is 5.73. The molecule has 5 aromatic rings. The number of carbonyl (C=O) groups excluding carboxylic acids is 4. The number of imide groups is 1. The first-order chi connectivity index (χ1) is 33.1. The van der Waals surface area contributed by atoms with Crippen LogP contribution in [-0.4, -0.2) is 122 Å². The lowest BCUT2D eigenvalue weighted by Crippen LogP contribution is -2.52. The van der Waals surface area contributed by atoms with E-state index in [1.54, 1.807) is 29.2 Å². The molecule has 2 aromatic heterocycles. The van der Waals surface area contributed by atoms with E-state index in [2.05, 4.69) is 59.9 Å². The molecule has 0 saturated carbocycles. The predicted octanol–water partition coefficient (Wildman–Crippen LogP) is 5.68. The van der Waals surface area contributed by atoms with Gasteiger partial charge in [0, 0.05) is 88.7 Å². The van der Waals surface area contributed by atoms with Crippen LogP contribution in [0.15, 0.2) is 79.0 Å². The highest BCUT2D eigenvalue weighted by Crippen LogP contribution is 2.37. The van der Waals surface area contributed by atoms with E-state index in [1.165, 1.54) is 0 Å². The Kier molecular flexibility index (Phi) is 14.0. The number of hydrogen-bond donors (Lipinski definition) is 3. The van der Waals surface area contributed by atoms with Crippen molar-refractivity contribution in [3.63, 3.8) is 0 Å². The molecule has 4 aliphatic heterocycles. The largest absolute Gasteiger partial charge is 0.507 e. The molecule has 2 atom stereocenters. The molecular formula is C50H60N12O6. The number of nitrogens with two attached hydrogens (primary N) is 1. The molecule has 3 aromatic carbocycles. The number of ether oxygens (including phenoxy) is 1. The summed E-state index contributed by atoms with van der Waals surface area (Å²) in [5, 5.41) is 29.7. The van der Waals surface area contributed by atoms with E-state index in [9.17, 15) is 24.3 Å². The number of aromatic nitrogens is 5. The summed E-state index contributed by atoms with van der Waals surface area (Å²) in [6, 6.07) is 22.4. The van der Waals surface area contributed by atoms with Gasteiger partial charge in [-0.25, -0.2) is 0 Å². The Morgan fingerprint density at radius 3 is 2.38 bits per heavy atom. The maximum Gasteiger partial charge on any atom is 0.257 e. The number of anilines is 5. The number of aromatic hydroxyl groups is 1. The van der Waals surface area contributed by atoms with Crippen LogP contribution in [0.3, 0.4) is 0 Å². The molecule has 0 aliphatic carbocycles. The molecule has 6 heterocycles. The van der Waals surface area contributed by atoms with Crippen LogP contribution < -0.4 is 30.5 Å². The maximum atomic E-state index is 13.6. The van der Waals surface area contributed by atoms with Gasteiger partial charge in [-0.3, -0.25) is 29.2 Å². The van der Waals surface area contributed by atoms with Crippen LogP contribution >= 0.6 is 0 Å². The third kappa shape index (κ3) is 10.3. The van der Waals surface area contributed by atoms with Crippen molar-refractivity contribution < 1.29 is 29.0 Å². The summed E-state index contributed by atoms with van der Waals surface area (Å²) in [7, 11) is 1.86. The van der Waals surface area contributed by atoms with Crippen molar-refractivity contribution >= 4 is 52.3 Å². The highest BCUT2D eigenvalue weighted by molar-refractivity contribution is 6.08. The first-order valence-electron chi connectivity index (χ1n) is 24.0. The van der Waals surface area contributed by atoms with Gasteiger partial charge in [0.25, 0.3) is 5.91 Å². The first-order valence-corrected chi connectivity index (χ1v) is 24.0. The van der Waals surface area contributed by atoms with Crippen molar-refractivity contribution in [2.24, 2.45) is 0 Å². The SMILES string of the molecule is CN(c1cn(CCCCCCCCC(=O)N2CCN(c3ccc(N4CCCC(Oc5cc(-c6ccccc6O)nnc5N)C4)cc3)CC2)nn1)c1cccc2c1C(=O)N(C1CCC(=O)NC1=O)C2. The number of rotatable bonds is 17. The zero-order chi connectivity index (χ0) is 47.1. The van der Waals surface area contributed by atoms with Gasteiger partial charge < -0.3 is 40.1 Å². The van der Waals surface area contributed by atoms with Crippen molar-refractivity contribution in [3.8, 4) is 22.8 Å². The number of fused-ring (bicyclic) bond motifs is 1. The Balaban J connectivity index is 0.652. The number of phenols is 1. The number of carbonyl (C=O) groups is 4. The molecule has 0 bridgehead atoms. The number of aryl methyl sites for hydroxylation is 1. The number of benzene rings is 3. The highest BCUT2D eigenvalue weighted by atomic mass is 16.5. The molecule has 4 amide bonds. The van der Waals surface area contributed by atoms with Crippen molar-refractivity contribution in [2.45, 2.75) is 95.9 Å². The standard InChI is InChI=1S/C50H60N12O6/c1-57(40-15-10-12-34-31-62(50(67)47(34)40)41-22-23-45(64)52-49(41)66)44-33-61(56-54-44)25-9-5-3-2-4-6-17-46(65)59-28-26-58(27-29-59)35-18-20-36(21-19-35)60-24-11-13-37(32-60)68-43-30-39(53-55-48(43)51)38-14-7-8-16-42(38)63/h7-8,10,12,14-16,18-21,30,33,37,41,63H,2-6,9,11,13,17,22-29,31-32H2,1H3,(H2,51,55)(H,52,64,66). The van der Waals surface area contributed by atoms with Crippen LogP contribution in [-0.2, 0) is 27.5 Å². The van der Waals surface area contributed by atoms with Crippen molar-refractivity contribution in [1.29, 1.82) is 0 Å². The van der Waals surface area contributed by atoms with E-state index in [4.69, 9.17) is 10.5 Å². The number of piperidine rings is 2. The van der Waals surface area contributed by atoms with Gasteiger partial charge in [-0.05, 0) is 80.1 Å². The summed E-state index contributed by atoms with van der Waals surface area (Å²) in [6.07, 6.45) is 10.9. The van der Waals surface area contributed by atoms with Gasteiger partial charge in [0.2, 0.25) is 17.7 Å². The van der Waals surface area contributed by atoms with Gasteiger partial charge in [-0.1, -0.05) is 55.2 Å². The van der Waals surface area contributed by atoms with Crippen LogP contribution in [0.2, 0.25) is 0 Å². The summed E-state index contributed by atoms with van der Waals surface area (Å²) in [5.74, 6) is 0.707. The quantitative estimate of drug-likeness (QED) is 0.0758. The number of para-hydroxylation sites is 1. The third-order valence-corrected chi connectivity index (χ3v) is 13.6. The second kappa shape index (κ2) is 20.7. The lowest BCUT2D eigenvalue weighted by molar-refractivity contribution is -0.137. The Bertz CT molecular complexity index is 2610. The van der Waals surface area contributed by atoms with Crippen molar-refractivity contribution in [1.82, 2.24) is 40.3 Å². The summed E-state index contributed by atoms with van der Waals surface area (Å²) in [5.41, 5.74) is 11.6. The van der Waals surface area contributed by atoms with Crippen LogP contribution in [0, 0.1) is 0 Å². The lowest BCUT2D eigenvalue weighted by Gasteiger charge is -2.37. The molecule has 0 radical (unpaired) electrons. The van der Waals surface area contributed by atoms with Gasteiger partial charge in [-0.2, -0.15) is 0 Å². The number of unbranched alkanes of at least 4 members (excludes halogenated alkanes) is 5. The molecule has 2 unspecified atom stereocenters. The fourth-order valence-electron chi connectivity index (χ4n) is 9.80. The normalized spacial score (nSPS) is 18.5. The molecule has 68 heavy (non-hydrogen) atoms. The van der Waals surface area contributed by atoms with E-state index < -0.39 is 11.9 Å². The lowest BCUT2D eigenvalue weighted by atomic mass is 10.0. The Morgan fingerprint density at radius 2 is 1.60 bits per heavy atom. The van der Waals surface area contributed by atoms with E-state index in [0.29, 0.717) is 60.0 Å². The van der Waals surface area contributed by atoms with Crippen molar-refractivity contribution in [3.05, 3.63) is 90.1 Å². The Morgan fingerprint density at radius 1 is 0.853 bits per heavy atom. The Labute approximate surface area is 396 Å². The molecule has 0 spiro atoms. The molecule has 4 N–H and O–H groups in total. The number of amides is 4.